The minimum absolute atomic E-state index is 0. The maximum Gasteiger partial charge on any atom is 0.315 e. The predicted molar refractivity (Wildman–Crippen MR) is 86.6 cm³/mol. The van der Waals surface area contributed by atoms with Gasteiger partial charge >= 0.3 is 5.69 Å². The van der Waals surface area contributed by atoms with Crippen LogP contribution in [0.3, 0.4) is 0 Å². The Kier molecular flexibility index (Phi) is 4.27. The number of carbonyl (C=O) groups excluding carboxylic acids is 1. The molecule has 3 atom stereocenters. The van der Waals surface area contributed by atoms with Gasteiger partial charge in [0.15, 0.2) is 5.75 Å². The number of nitro benzene ring substituents is 1. The van der Waals surface area contributed by atoms with Gasteiger partial charge in [-0.1, -0.05) is 0 Å². The Hall–Kier alpha value is -2.06. The summed E-state index contributed by atoms with van der Waals surface area (Å²) in [6.07, 6.45) is 2.05. The predicted octanol–water partition coefficient (Wildman–Crippen LogP) is 1.55. The Labute approximate surface area is 144 Å². The van der Waals surface area contributed by atoms with Crippen molar-refractivity contribution < 1.29 is 19.2 Å². The van der Waals surface area contributed by atoms with Crippen molar-refractivity contribution in [3.63, 3.8) is 0 Å². The van der Waals surface area contributed by atoms with Crippen molar-refractivity contribution in [2.45, 2.75) is 18.9 Å². The molecule has 2 aliphatic heterocycles. The largest absolute Gasteiger partial charge is 0.453 e. The van der Waals surface area contributed by atoms with Crippen molar-refractivity contribution >= 4 is 24.0 Å². The number of hydrogen-bond acceptors (Lipinski definition) is 6. The minimum Gasteiger partial charge on any atom is -0.453 e. The van der Waals surface area contributed by atoms with E-state index in [-0.39, 0.29) is 53.9 Å². The zero-order valence-electron chi connectivity index (χ0n) is 12.8. The van der Waals surface area contributed by atoms with E-state index in [0.717, 1.165) is 12.8 Å². The van der Waals surface area contributed by atoms with Gasteiger partial charge in [-0.2, -0.15) is 0 Å². The Morgan fingerprint density at radius 2 is 2.08 bits per heavy atom. The number of rotatable bonds is 2. The van der Waals surface area contributed by atoms with Crippen molar-refractivity contribution in [2.75, 3.05) is 19.9 Å². The summed E-state index contributed by atoms with van der Waals surface area (Å²) in [6.45, 7) is 1.21. The Morgan fingerprint density at radius 1 is 1.29 bits per heavy atom. The Balaban J connectivity index is 0.00000169. The van der Waals surface area contributed by atoms with Crippen LogP contribution in [0.15, 0.2) is 12.1 Å². The number of halogens is 1. The summed E-state index contributed by atoms with van der Waals surface area (Å²) in [5.74, 6) is 0.902. The molecule has 1 saturated carbocycles. The maximum atomic E-state index is 12.7. The van der Waals surface area contributed by atoms with Crippen LogP contribution in [0.5, 0.6) is 11.5 Å². The highest BCUT2D eigenvalue weighted by Crippen LogP contribution is 2.43. The first kappa shape index (κ1) is 16.8. The number of nitro groups is 1. The van der Waals surface area contributed by atoms with Crippen molar-refractivity contribution in [3.8, 4) is 11.5 Å². The van der Waals surface area contributed by atoms with Crippen LogP contribution in [0, 0.1) is 22.0 Å². The minimum atomic E-state index is -0.557. The van der Waals surface area contributed by atoms with Gasteiger partial charge in [0.1, 0.15) is 0 Å². The van der Waals surface area contributed by atoms with E-state index < -0.39 is 4.92 Å². The fourth-order valence-corrected chi connectivity index (χ4v) is 3.91. The second kappa shape index (κ2) is 6.10. The number of benzene rings is 1. The smallest absolute Gasteiger partial charge is 0.315 e. The lowest BCUT2D eigenvalue weighted by Crippen LogP contribution is -2.33. The first-order valence-electron chi connectivity index (χ1n) is 7.67. The average Bonchev–Trinajstić information content (AvgIpc) is 3.22. The Morgan fingerprint density at radius 3 is 2.79 bits per heavy atom. The van der Waals surface area contributed by atoms with Gasteiger partial charge in [-0.15, -0.1) is 12.4 Å². The van der Waals surface area contributed by atoms with Gasteiger partial charge in [-0.25, -0.2) is 0 Å². The van der Waals surface area contributed by atoms with Crippen molar-refractivity contribution in [1.29, 1.82) is 0 Å². The van der Waals surface area contributed by atoms with E-state index in [1.165, 1.54) is 12.1 Å². The van der Waals surface area contributed by atoms with Gasteiger partial charge in [0.25, 0.3) is 5.91 Å². The zero-order valence-corrected chi connectivity index (χ0v) is 13.7. The molecule has 1 aromatic rings. The van der Waals surface area contributed by atoms with Crippen LogP contribution in [0.2, 0.25) is 0 Å². The average molecular weight is 356 g/mol. The number of amides is 1. The maximum absolute atomic E-state index is 12.7. The molecule has 2 fully saturated rings. The summed E-state index contributed by atoms with van der Waals surface area (Å²) >= 11 is 0. The highest BCUT2D eigenvalue weighted by molar-refractivity contribution is 5.96. The molecule has 4 rings (SSSR count). The molecule has 3 unspecified atom stereocenters. The standard InChI is InChI=1S/C15H17N3O5.ClH/c16-11-2-1-8-5-17(6-10(8)11)15(19)9-3-12(18(20)21)14-13(4-9)22-7-23-14;/h3-4,8,10-11H,1-2,5-7,16H2;1H. The molecule has 2 N–H and O–H groups in total. The highest BCUT2D eigenvalue weighted by Gasteiger charge is 2.43. The van der Waals surface area contributed by atoms with E-state index in [1.807, 2.05) is 0 Å². The molecule has 0 radical (unpaired) electrons. The molecule has 0 bridgehead atoms. The molecule has 1 aromatic carbocycles. The van der Waals surface area contributed by atoms with Crippen molar-refractivity contribution in [3.05, 3.63) is 27.8 Å². The molecular formula is C15H18ClN3O5. The van der Waals surface area contributed by atoms with Crippen LogP contribution in [0.4, 0.5) is 5.69 Å². The summed E-state index contributed by atoms with van der Waals surface area (Å²) < 4.78 is 10.3. The van der Waals surface area contributed by atoms with Gasteiger partial charge in [0.2, 0.25) is 12.5 Å². The molecule has 2 heterocycles. The molecule has 3 aliphatic rings. The topological polar surface area (TPSA) is 108 Å². The molecule has 0 spiro atoms. The third-order valence-electron chi connectivity index (χ3n) is 5.10. The van der Waals surface area contributed by atoms with Gasteiger partial charge in [0, 0.05) is 25.2 Å². The van der Waals surface area contributed by atoms with Gasteiger partial charge in [-0.3, -0.25) is 14.9 Å². The van der Waals surface area contributed by atoms with Crippen molar-refractivity contribution in [1.82, 2.24) is 4.90 Å². The molecule has 8 nitrogen and oxygen atoms in total. The SMILES string of the molecule is Cl.NC1CCC2CN(C(=O)c3cc4c(c([N+](=O)[O-])c3)OCO4)CC12. The van der Waals surface area contributed by atoms with Crippen LogP contribution in [0.1, 0.15) is 23.2 Å². The lowest BCUT2D eigenvalue weighted by atomic mass is 9.98. The van der Waals surface area contributed by atoms with E-state index in [9.17, 15) is 14.9 Å². The number of nitrogens with zero attached hydrogens (tertiary/aromatic N) is 2. The third kappa shape index (κ3) is 2.55. The van der Waals surface area contributed by atoms with E-state index >= 15 is 0 Å². The zero-order chi connectivity index (χ0) is 16.1. The number of likely N-dealkylation sites (tertiary alicyclic amines) is 1. The second-order valence-corrected chi connectivity index (χ2v) is 6.36. The third-order valence-corrected chi connectivity index (χ3v) is 5.10. The van der Waals surface area contributed by atoms with Crippen LogP contribution in [0.25, 0.3) is 0 Å². The molecule has 1 saturated heterocycles. The highest BCUT2D eigenvalue weighted by atomic mass is 35.5. The molecule has 130 valence electrons. The number of carbonyl (C=O) groups is 1. The van der Waals surface area contributed by atoms with Crippen LogP contribution < -0.4 is 15.2 Å². The molecule has 9 heteroatoms. The van der Waals surface area contributed by atoms with Crippen LogP contribution in [-0.4, -0.2) is 41.7 Å². The summed E-state index contributed by atoms with van der Waals surface area (Å²) in [5, 5.41) is 11.2. The van der Waals surface area contributed by atoms with Gasteiger partial charge in [0.05, 0.1) is 10.5 Å². The summed E-state index contributed by atoms with van der Waals surface area (Å²) in [6, 6.07) is 2.93. The molecule has 24 heavy (non-hydrogen) atoms. The lowest BCUT2D eigenvalue weighted by Gasteiger charge is -2.19. The molecule has 1 aliphatic carbocycles. The summed E-state index contributed by atoms with van der Waals surface area (Å²) in [5.41, 5.74) is 6.12. The van der Waals surface area contributed by atoms with Gasteiger partial charge in [-0.05, 0) is 30.7 Å². The van der Waals surface area contributed by atoms with E-state index in [0.29, 0.717) is 24.9 Å². The molecular weight excluding hydrogens is 338 g/mol. The summed E-state index contributed by atoms with van der Waals surface area (Å²) in [7, 11) is 0. The van der Waals surface area contributed by atoms with E-state index in [2.05, 4.69) is 0 Å². The first-order chi connectivity index (χ1) is 11.0. The molecule has 1 amide bonds. The van der Waals surface area contributed by atoms with Gasteiger partial charge < -0.3 is 20.1 Å². The number of fused-ring (bicyclic) bond motifs is 2. The van der Waals surface area contributed by atoms with Crippen LogP contribution in [-0.2, 0) is 0 Å². The number of hydrogen-bond donors (Lipinski definition) is 1. The van der Waals surface area contributed by atoms with Crippen LogP contribution >= 0.6 is 12.4 Å². The Bertz CT molecular complexity index is 698. The lowest BCUT2D eigenvalue weighted by molar-refractivity contribution is -0.385. The summed E-state index contributed by atoms with van der Waals surface area (Å²) in [4.78, 5) is 25.1. The first-order valence-corrected chi connectivity index (χ1v) is 7.67. The van der Waals surface area contributed by atoms with Crippen molar-refractivity contribution in [2.24, 2.45) is 17.6 Å². The van der Waals surface area contributed by atoms with E-state index in [4.69, 9.17) is 15.2 Å². The molecule has 0 aromatic heterocycles. The van der Waals surface area contributed by atoms with E-state index in [1.54, 1.807) is 4.90 Å². The monoisotopic (exact) mass is 355 g/mol. The fraction of sp³-hybridized carbons (Fsp3) is 0.533. The second-order valence-electron chi connectivity index (χ2n) is 6.36. The number of nitrogens with two attached hydrogens (primary N) is 1. The normalized spacial score (nSPS) is 26.9. The number of ether oxygens (including phenoxy) is 2. The fourth-order valence-electron chi connectivity index (χ4n) is 3.91. The quantitative estimate of drug-likeness (QED) is 0.637.